The molecule has 7 heteroatoms. The Hall–Kier alpha value is -2.02. The van der Waals surface area contributed by atoms with Gasteiger partial charge in [-0.3, -0.25) is 0 Å². The Morgan fingerprint density at radius 2 is 1.71 bits per heavy atom. The number of ether oxygens (including phenoxy) is 1. The van der Waals surface area contributed by atoms with Gasteiger partial charge >= 0.3 is 6.09 Å². The minimum Gasteiger partial charge on any atom is -0.444 e. The first-order valence-electron chi connectivity index (χ1n) is 9.26. The predicted molar refractivity (Wildman–Crippen MR) is 110 cm³/mol. The van der Waals surface area contributed by atoms with Crippen molar-refractivity contribution in [2.24, 2.45) is 5.92 Å². The van der Waals surface area contributed by atoms with Crippen LogP contribution in [0.15, 0.2) is 36.0 Å². The molecule has 0 saturated heterocycles. The maximum atomic E-state index is 13.2. The molecule has 1 amide bonds. The van der Waals surface area contributed by atoms with E-state index in [1.54, 1.807) is 6.08 Å². The highest BCUT2D eigenvalue weighted by Crippen LogP contribution is 2.27. The molecule has 2 atom stereocenters. The Kier molecular flexibility index (Phi) is 20.1. The van der Waals surface area contributed by atoms with Crippen LogP contribution in [0.5, 0.6) is 0 Å². The third-order valence-corrected chi connectivity index (χ3v) is 3.17. The number of aliphatic hydroxyl groups excluding tert-OH is 1. The molecule has 0 bridgehead atoms. The van der Waals surface area contributed by atoms with Gasteiger partial charge in [-0.25, -0.2) is 13.6 Å². The van der Waals surface area contributed by atoms with Gasteiger partial charge in [0, 0.05) is 19.2 Å². The van der Waals surface area contributed by atoms with Gasteiger partial charge in [-0.05, 0) is 59.0 Å². The summed E-state index contributed by atoms with van der Waals surface area (Å²) in [5.74, 6) is -0.901. The molecule has 28 heavy (non-hydrogen) atoms. The largest absolute Gasteiger partial charge is 0.444 e. The quantitative estimate of drug-likeness (QED) is 0.613. The fraction of sp³-hybridized carbons (Fsp3) is 0.619. The van der Waals surface area contributed by atoms with Crippen LogP contribution in [-0.2, 0) is 9.53 Å². The van der Waals surface area contributed by atoms with E-state index in [1.807, 2.05) is 47.5 Å². The van der Waals surface area contributed by atoms with Crippen molar-refractivity contribution < 1.29 is 28.2 Å². The lowest BCUT2D eigenvalue weighted by Crippen LogP contribution is -2.37. The first kappa shape index (κ1) is 30.7. The smallest absolute Gasteiger partial charge is 0.407 e. The zero-order chi connectivity index (χ0) is 22.8. The van der Waals surface area contributed by atoms with Gasteiger partial charge in [0.15, 0.2) is 0 Å². The molecule has 0 aromatic heterocycles. The molecule has 1 rings (SSSR count). The summed E-state index contributed by atoms with van der Waals surface area (Å²) in [4.78, 5) is 19.7. The minimum atomic E-state index is -0.613. The van der Waals surface area contributed by atoms with Crippen LogP contribution in [0, 0.1) is 5.92 Å². The molecule has 5 nitrogen and oxygen atoms in total. The van der Waals surface area contributed by atoms with Crippen LogP contribution in [0.3, 0.4) is 0 Å². The molecular weight excluding hydrogens is 368 g/mol. The highest BCUT2D eigenvalue weighted by Gasteiger charge is 2.26. The second-order valence-electron chi connectivity index (χ2n) is 6.58. The molecule has 0 radical (unpaired) electrons. The molecule has 0 aromatic carbocycles. The van der Waals surface area contributed by atoms with E-state index >= 15 is 0 Å². The van der Waals surface area contributed by atoms with Crippen molar-refractivity contribution in [3.8, 4) is 0 Å². The fourth-order valence-electron chi connectivity index (χ4n) is 2.34. The molecule has 0 aliphatic heterocycles. The zero-order valence-electron chi connectivity index (χ0n) is 18.2. The molecule has 0 aromatic rings. The molecule has 164 valence electrons. The summed E-state index contributed by atoms with van der Waals surface area (Å²) < 4.78 is 30.8. The lowest BCUT2D eigenvalue weighted by molar-refractivity contribution is -0.0980. The van der Waals surface area contributed by atoms with Gasteiger partial charge in [0.05, 0.1) is 5.83 Å². The fourth-order valence-corrected chi connectivity index (χ4v) is 2.34. The minimum absolute atomic E-state index is 0.0753. The standard InChI is InChI=1S/C17H25F2NO2.C2H6.CH4O.CH2O/c1-12(18)10-14(19)7-5-6-13-8-9-15(11-13)20-16(21)22-17(2,3)4;3*1-2/h5-7,10,13,15H,8-9,11H2,1-4H3,(H,20,21);1-2H3;2H,1H3;1H2/b6-5+,12-10+,14-7+;;;. The number of hydrogen-bond donors (Lipinski definition) is 2. The van der Waals surface area contributed by atoms with Crippen LogP contribution in [0.1, 0.15) is 60.8 Å². The van der Waals surface area contributed by atoms with Crippen LogP contribution >= 0.6 is 0 Å². The highest BCUT2D eigenvalue weighted by atomic mass is 19.1. The number of halogens is 2. The van der Waals surface area contributed by atoms with E-state index in [4.69, 9.17) is 14.6 Å². The number of amides is 1. The lowest BCUT2D eigenvalue weighted by atomic mass is 10.1. The van der Waals surface area contributed by atoms with Gasteiger partial charge in [-0.15, -0.1) is 0 Å². The van der Waals surface area contributed by atoms with Crippen LogP contribution < -0.4 is 5.32 Å². The first-order chi connectivity index (χ1) is 13.2. The van der Waals surface area contributed by atoms with Gasteiger partial charge in [0.25, 0.3) is 0 Å². The van der Waals surface area contributed by atoms with Crippen molar-refractivity contribution in [1.82, 2.24) is 5.32 Å². The summed E-state index contributed by atoms with van der Waals surface area (Å²) in [6.07, 6.45) is 7.73. The third-order valence-electron chi connectivity index (χ3n) is 3.17. The van der Waals surface area contributed by atoms with Crippen LogP contribution in [0.25, 0.3) is 0 Å². The number of carbonyl (C=O) groups excluding carboxylic acids is 2. The Morgan fingerprint density at radius 3 is 2.18 bits per heavy atom. The van der Waals surface area contributed by atoms with Gasteiger partial charge in [0.1, 0.15) is 18.2 Å². The van der Waals surface area contributed by atoms with Gasteiger partial charge < -0.3 is 20.0 Å². The topological polar surface area (TPSA) is 75.6 Å². The van der Waals surface area contributed by atoms with Crippen molar-refractivity contribution in [2.45, 2.75) is 72.4 Å². The Morgan fingerprint density at radius 1 is 1.18 bits per heavy atom. The summed E-state index contributed by atoms with van der Waals surface area (Å²) in [6, 6.07) is 0.0753. The number of carbonyl (C=O) groups is 2. The first-order valence-corrected chi connectivity index (χ1v) is 9.26. The van der Waals surface area contributed by atoms with E-state index in [0.29, 0.717) is 0 Å². The van der Waals surface area contributed by atoms with Gasteiger partial charge in [0.2, 0.25) is 0 Å². The summed E-state index contributed by atoms with van der Waals surface area (Å²) in [7, 11) is 1.00. The summed E-state index contributed by atoms with van der Waals surface area (Å²) in [5, 5.41) is 9.85. The van der Waals surface area contributed by atoms with Crippen molar-refractivity contribution in [2.75, 3.05) is 7.11 Å². The van der Waals surface area contributed by atoms with E-state index in [-0.39, 0.29) is 12.0 Å². The van der Waals surface area contributed by atoms with Crippen LogP contribution in [0.2, 0.25) is 0 Å². The van der Waals surface area contributed by atoms with Crippen molar-refractivity contribution in [1.29, 1.82) is 0 Å². The second kappa shape index (κ2) is 18.3. The maximum Gasteiger partial charge on any atom is 0.407 e. The van der Waals surface area contributed by atoms with E-state index < -0.39 is 23.3 Å². The van der Waals surface area contributed by atoms with E-state index in [2.05, 4.69) is 5.32 Å². The average Bonchev–Trinajstić information content (AvgIpc) is 3.05. The summed E-state index contributed by atoms with van der Waals surface area (Å²) in [5.41, 5.74) is -0.508. The Labute approximate surface area is 168 Å². The molecule has 2 unspecified atom stereocenters. The molecule has 1 aliphatic rings. The SMILES string of the molecule is C=O.CC.CO.C\C(F)=C/C(F)=C\C=C\C1CCC(NC(=O)OC(C)(C)C)C1. The maximum absolute atomic E-state index is 13.2. The molecule has 1 saturated carbocycles. The molecule has 1 fully saturated rings. The number of nitrogens with one attached hydrogen (secondary N) is 1. The number of alkyl carbamates (subject to hydrolysis) is 1. The molecule has 2 N–H and O–H groups in total. The van der Waals surface area contributed by atoms with Crippen molar-refractivity contribution >= 4 is 12.9 Å². The average molecular weight is 406 g/mol. The third kappa shape index (κ3) is 18.8. The monoisotopic (exact) mass is 405 g/mol. The normalized spacial score (nSPS) is 19.4. The lowest BCUT2D eigenvalue weighted by Gasteiger charge is -2.21. The highest BCUT2D eigenvalue weighted by molar-refractivity contribution is 5.68. The number of aliphatic hydroxyl groups is 1. The number of allylic oxidation sites excluding steroid dienone is 6. The number of rotatable bonds is 4. The van der Waals surface area contributed by atoms with Gasteiger partial charge in [-0.2, -0.15) is 0 Å². The van der Waals surface area contributed by atoms with Crippen LogP contribution in [0.4, 0.5) is 13.6 Å². The Bertz CT molecular complexity index is 493. The molecule has 0 spiro atoms. The molecular formula is C21H37F2NO4. The molecule has 1 aliphatic carbocycles. The van der Waals surface area contributed by atoms with E-state index in [9.17, 15) is 13.6 Å². The zero-order valence-corrected chi connectivity index (χ0v) is 18.2. The Balaban J connectivity index is -0.000000946. The predicted octanol–water partition coefficient (Wildman–Crippen LogP) is 5.41. The van der Waals surface area contributed by atoms with Crippen molar-refractivity contribution in [3.63, 3.8) is 0 Å². The van der Waals surface area contributed by atoms with E-state index in [0.717, 1.165) is 32.4 Å². The molecule has 0 heterocycles. The second-order valence-corrected chi connectivity index (χ2v) is 6.58. The van der Waals surface area contributed by atoms with Crippen molar-refractivity contribution in [3.05, 3.63) is 36.0 Å². The van der Waals surface area contributed by atoms with E-state index in [1.165, 1.54) is 13.0 Å². The number of hydrogen-bond acceptors (Lipinski definition) is 4. The van der Waals surface area contributed by atoms with Crippen LogP contribution in [-0.4, -0.2) is 36.7 Å². The summed E-state index contributed by atoms with van der Waals surface area (Å²) in [6.45, 7) is 12.7. The van der Waals surface area contributed by atoms with Gasteiger partial charge in [-0.1, -0.05) is 26.0 Å². The summed E-state index contributed by atoms with van der Waals surface area (Å²) >= 11 is 0.